The van der Waals surface area contributed by atoms with Crippen LogP contribution in [0.2, 0.25) is 0 Å². The van der Waals surface area contributed by atoms with Gasteiger partial charge in [-0.3, -0.25) is 0 Å². The molecule has 0 unspecified atom stereocenters. The van der Waals surface area contributed by atoms with E-state index in [-0.39, 0.29) is 10.8 Å². The van der Waals surface area contributed by atoms with Crippen LogP contribution in [0.4, 0.5) is 17.1 Å². The molecule has 62 heavy (non-hydrogen) atoms. The lowest BCUT2D eigenvalue weighted by Crippen LogP contribution is -2.16. The molecule has 296 valence electrons. The van der Waals surface area contributed by atoms with E-state index in [1.807, 2.05) is 0 Å². The van der Waals surface area contributed by atoms with Crippen molar-refractivity contribution in [1.82, 2.24) is 4.57 Å². The fourth-order valence-electron chi connectivity index (χ4n) is 11.0. The molecule has 2 aliphatic carbocycles. The molecular formula is C60H46N2. The third kappa shape index (κ3) is 5.23. The summed E-state index contributed by atoms with van der Waals surface area (Å²) in [5.74, 6) is 0. The van der Waals surface area contributed by atoms with Crippen LogP contribution in [0.3, 0.4) is 0 Å². The molecule has 9 aromatic carbocycles. The largest absolute Gasteiger partial charge is 0.309 e. The first kappa shape index (κ1) is 36.4. The summed E-state index contributed by atoms with van der Waals surface area (Å²) in [5, 5.41) is 2.49. The van der Waals surface area contributed by atoms with Gasteiger partial charge in [-0.2, -0.15) is 0 Å². The quantitative estimate of drug-likeness (QED) is 0.163. The summed E-state index contributed by atoms with van der Waals surface area (Å²) in [6.07, 6.45) is 0. The van der Waals surface area contributed by atoms with Crippen molar-refractivity contribution in [3.63, 3.8) is 0 Å². The lowest BCUT2D eigenvalue weighted by atomic mass is 9.81. The highest BCUT2D eigenvalue weighted by atomic mass is 15.1. The van der Waals surface area contributed by atoms with Crippen molar-refractivity contribution in [1.29, 1.82) is 0 Å². The van der Waals surface area contributed by atoms with Crippen molar-refractivity contribution < 1.29 is 0 Å². The molecule has 0 spiro atoms. The lowest BCUT2D eigenvalue weighted by Gasteiger charge is -2.31. The van der Waals surface area contributed by atoms with Gasteiger partial charge in [-0.25, -0.2) is 0 Å². The smallest absolute Gasteiger partial charge is 0.0547 e. The van der Waals surface area contributed by atoms with Crippen LogP contribution in [0.25, 0.3) is 72.0 Å². The minimum absolute atomic E-state index is 0.0591. The minimum atomic E-state index is -0.136. The van der Waals surface area contributed by atoms with Crippen LogP contribution in [0.1, 0.15) is 49.9 Å². The van der Waals surface area contributed by atoms with Crippen molar-refractivity contribution in [2.75, 3.05) is 4.90 Å². The molecule has 1 heterocycles. The second-order valence-electron chi connectivity index (χ2n) is 18.1. The number of anilines is 3. The van der Waals surface area contributed by atoms with Gasteiger partial charge >= 0.3 is 0 Å². The van der Waals surface area contributed by atoms with Crippen LogP contribution in [-0.4, -0.2) is 4.57 Å². The molecule has 0 aliphatic heterocycles. The minimum Gasteiger partial charge on any atom is -0.309 e. The van der Waals surface area contributed by atoms with Crippen molar-refractivity contribution in [2.45, 2.75) is 38.5 Å². The number of rotatable bonds is 6. The molecule has 2 heteroatoms. The van der Waals surface area contributed by atoms with Crippen molar-refractivity contribution in [3.8, 4) is 50.2 Å². The standard InChI is InChI=1S/C60H46N2/c1-59(2)50-26-13-9-22-47(50)58-51(59)27-17-31-56(58)62(42-35-32-39(33-36-42)40-34-37-44-43-20-8-12-25-49(43)60(3,4)52(44)38-40)53-28-14-10-21-45(53)46-24-16-30-55-57(46)48-23-11-15-29-54(48)61(55)41-18-6-5-7-19-41/h5-38H,1-4H3. The Morgan fingerprint density at radius 3 is 1.73 bits per heavy atom. The van der Waals surface area contributed by atoms with Gasteiger partial charge in [-0.05, 0) is 110 Å². The number of fused-ring (bicyclic) bond motifs is 9. The first-order chi connectivity index (χ1) is 30.3. The zero-order valence-corrected chi connectivity index (χ0v) is 35.5. The zero-order chi connectivity index (χ0) is 41.7. The Labute approximate surface area is 364 Å². The summed E-state index contributed by atoms with van der Waals surface area (Å²) in [6, 6.07) is 76.5. The molecule has 1 aromatic heterocycles. The Balaban J connectivity index is 1.07. The van der Waals surface area contributed by atoms with E-state index in [2.05, 4.69) is 243 Å². The van der Waals surface area contributed by atoms with Gasteiger partial charge in [0.15, 0.2) is 0 Å². The number of para-hydroxylation sites is 3. The molecule has 0 radical (unpaired) electrons. The molecule has 0 saturated carbocycles. The van der Waals surface area contributed by atoms with E-state index in [0.717, 1.165) is 17.1 Å². The molecule has 0 amide bonds. The van der Waals surface area contributed by atoms with Crippen LogP contribution < -0.4 is 4.90 Å². The number of aromatic nitrogens is 1. The van der Waals surface area contributed by atoms with E-state index < -0.39 is 0 Å². The molecule has 0 N–H and O–H groups in total. The SMILES string of the molecule is CC1(C)c2ccccc2-c2ccc(-c3ccc(N(c4ccccc4-c4cccc5c4c4ccccc4n5-c4ccccc4)c4cccc5c4-c4ccccc4C5(C)C)cc3)cc21. The Hall–Kier alpha value is -7.42. The van der Waals surface area contributed by atoms with E-state index in [9.17, 15) is 0 Å². The normalized spacial score (nSPS) is 14.1. The zero-order valence-electron chi connectivity index (χ0n) is 35.5. The Morgan fingerprint density at radius 1 is 0.371 bits per heavy atom. The average molecular weight is 795 g/mol. The fraction of sp³-hybridized carbons (Fsp3) is 0.100. The predicted molar refractivity (Wildman–Crippen MR) is 261 cm³/mol. The molecule has 10 aromatic rings. The topological polar surface area (TPSA) is 8.17 Å². The monoisotopic (exact) mass is 794 g/mol. The summed E-state index contributed by atoms with van der Waals surface area (Å²) in [5.41, 5.74) is 22.4. The maximum atomic E-state index is 2.52. The van der Waals surface area contributed by atoms with E-state index in [1.165, 1.54) is 94.3 Å². The molecule has 0 fully saturated rings. The second-order valence-corrected chi connectivity index (χ2v) is 18.1. The Morgan fingerprint density at radius 2 is 0.919 bits per heavy atom. The van der Waals surface area contributed by atoms with Gasteiger partial charge in [-0.15, -0.1) is 0 Å². The van der Waals surface area contributed by atoms with Crippen LogP contribution in [0.15, 0.2) is 206 Å². The van der Waals surface area contributed by atoms with Crippen molar-refractivity contribution in [2.24, 2.45) is 0 Å². The summed E-state index contributed by atoms with van der Waals surface area (Å²) in [4.78, 5) is 2.52. The molecule has 0 atom stereocenters. The van der Waals surface area contributed by atoms with Gasteiger partial charge in [-0.1, -0.05) is 179 Å². The van der Waals surface area contributed by atoms with Gasteiger partial charge in [0.05, 0.1) is 22.4 Å². The molecule has 2 nitrogen and oxygen atoms in total. The molecule has 0 bridgehead atoms. The predicted octanol–water partition coefficient (Wildman–Crippen LogP) is 16.2. The first-order valence-corrected chi connectivity index (χ1v) is 21.9. The maximum Gasteiger partial charge on any atom is 0.0547 e. The van der Waals surface area contributed by atoms with Gasteiger partial charge < -0.3 is 9.47 Å². The van der Waals surface area contributed by atoms with Gasteiger partial charge in [0, 0.05) is 44.1 Å². The summed E-state index contributed by atoms with van der Waals surface area (Å²) >= 11 is 0. The van der Waals surface area contributed by atoms with E-state index in [4.69, 9.17) is 0 Å². The summed E-state index contributed by atoms with van der Waals surface area (Å²) < 4.78 is 2.41. The molecule has 0 saturated heterocycles. The van der Waals surface area contributed by atoms with E-state index >= 15 is 0 Å². The van der Waals surface area contributed by atoms with Gasteiger partial charge in [0.1, 0.15) is 0 Å². The number of hydrogen-bond donors (Lipinski definition) is 0. The third-order valence-corrected chi connectivity index (χ3v) is 14.0. The summed E-state index contributed by atoms with van der Waals surface area (Å²) in [6.45, 7) is 9.46. The lowest BCUT2D eigenvalue weighted by molar-refractivity contribution is 0.660. The highest BCUT2D eigenvalue weighted by Gasteiger charge is 2.38. The summed E-state index contributed by atoms with van der Waals surface area (Å²) in [7, 11) is 0. The second kappa shape index (κ2) is 13.5. The maximum absolute atomic E-state index is 2.52. The Bertz CT molecular complexity index is 3400. The van der Waals surface area contributed by atoms with Crippen LogP contribution >= 0.6 is 0 Å². The van der Waals surface area contributed by atoms with Crippen LogP contribution in [0.5, 0.6) is 0 Å². The highest BCUT2D eigenvalue weighted by Crippen LogP contribution is 2.56. The average Bonchev–Trinajstić information content (AvgIpc) is 3.87. The molecule has 12 rings (SSSR count). The molecule has 2 aliphatic rings. The third-order valence-electron chi connectivity index (χ3n) is 14.0. The van der Waals surface area contributed by atoms with Crippen molar-refractivity contribution >= 4 is 38.9 Å². The number of hydrogen-bond acceptors (Lipinski definition) is 1. The highest BCUT2D eigenvalue weighted by molar-refractivity contribution is 6.17. The van der Waals surface area contributed by atoms with Gasteiger partial charge in [0.25, 0.3) is 0 Å². The molecular weight excluding hydrogens is 749 g/mol. The van der Waals surface area contributed by atoms with E-state index in [1.54, 1.807) is 0 Å². The first-order valence-electron chi connectivity index (χ1n) is 21.9. The Kier molecular flexibility index (Phi) is 7.96. The van der Waals surface area contributed by atoms with Crippen molar-refractivity contribution in [3.05, 3.63) is 229 Å². The number of nitrogens with zero attached hydrogens (tertiary/aromatic N) is 2. The van der Waals surface area contributed by atoms with Crippen LogP contribution in [-0.2, 0) is 10.8 Å². The van der Waals surface area contributed by atoms with Gasteiger partial charge in [0.2, 0.25) is 0 Å². The fourth-order valence-corrected chi connectivity index (χ4v) is 11.0. The van der Waals surface area contributed by atoms with Crippen LogP contribution in [0, 0.1) is 0 Å². The number of benzene rings is 9. The van der Waals surface area contributed by atoms with E-state index in [0.29, 0.717) is 0 Å².